The Morgan fingerprint density at radius 1 is 1.10 bits per heavy atom. The Morgan fingerprint density at radius 2 is 1.87 bits per heavy atom. The van der Waals surface area contributed by atoms with Crippen LogP contribution in [-0.4, -0.2) is 24.3 Å². The monoisotopic (exact) mass is 423 g/mol. The maximum Gasteiger partial charge on any atom is 0.349 e. The minimum atomic E-state index is -0.535. The van der Waals surface area contributed by atoms with E-state index in [9.17, 15) is 14.0 Å². The van der Waals surface area contributed by atoms with Gasteiger partial charge in [-0.05, 0) is 43.3 Å². The summed E-state index contributed by atoms with van der Waals surface area (Å²) in [6.45, 7) is 1.91. The van der Waals surface area contributed by atoms with Crippen LogP contribution in [0.5, 0.6) is 5.75 Å². The first-order valence-corrected chi connectivity index (χ1v) is 10.1. The van der Waals surface area contributed by atoms with Crippen LogP contribution in [0.25, 0.3) is 27.0 Å². The van der Waals surface area contributed by atoms with Crippen LogP contribution < -0.4 is 10.3 Å². The number of hydrogen-bond acceptors (Lipinski definition) is 5. The van der Waals surface area contributed by atoms with Crippen molar-refractivity contribution in [2.24, 2.45) is 0 Å². The summed E-state index contributed by atoms with van der Waals surface area (Å²) in [6, 6.07) is 16.4. The first kappa shape index (κ1) is 19.8. The number of ether oxygens (including phenoxy) is 2. The number of thiophene rings is 1. The van der Waals surface area contributed by atoms with Gasteiger partial charge >= 0.3 is 5.97 Å². The second kappa shape index (κ2) is 8.12. The molecule has 0 radical (unpaired) electrons. The molecule has 30 heavy (non-hydrogen) atoms. The molecule has 4 rings (SSSR count). The van der Waals surface area contributed by atoms with E-state index in [0.717, 1.165) is 11.3 Å². The number of benzene rings is 2. The van der Waals surface area contributed by atoms with Crippen LogP contribution in [0.15, 0.2) is 65.5 Å². The van der Waals surface area contributed by atoms with E-state index in [1.165, 1.54) is 35.9 Å². The second-order valence-corrected chi connectivity index (χ2v) is 7.43. The number of pyridine rings is 1. The van der Waals surface area contributed by atoms with Crippen molar-refractivity contribution in [1.82, 2.24) is 4.57 Å². The molecule has 0 atom stereocenters. The highest BCUT2D eigenvalue weighted by molar-refractivity contribution is 7.21. The van der Waals surface area contributed by atoms with Gasteiger partial charge in [-0.3, -0.25) is 9.36 Å². The summed E-state index contributed by atoms with van der Waals surface area (Å²) in [7, 11) is 1.48. The maximum atomic E-state index is 14.1. The van der Waals surface area contributed by atoms with Crippen molar-refractivity contribution in [1.29, 1.82) is 0 Å². The zero-order valence-electron chi connectivity index (χ0n) is 16.3. The fourth-order valence-corrected chi connectivity index (χ4v) is 4.61. The fourth-order valence-electron chi connectivity index (χ4n) is 3.39. The molecule has 0 fully saturated rings. The van der Waals surface area contributed by atoms with Crippen LogP contribution in [0.2, 0.25) is 0 Å². The standard InChI is InChI=1S/C23H18FNO4S/c1-3-29-23(27)21-20(17-13-14(24)9-11-18(17)28-2)16-10-12-19(26)25(22(16)30-21)15-7-5-4-6-8-15/h4-13H,3H2,1-2H3. The number of halogens is 1. The Labute approximate surface area is 175 Å². The lowest BCUT2D eigenvalue weighted by molar-refractivity contribution is 0.0533. The maximum absolute atomic E-state index is 14.1. The number of para-hydroxylation sites is 1. The second-order valence-electron chi connectivity index (χ2n) is 6.43. The summed E-state index contributed by atoms with van der Waals surface area (Å²) in [6.07, 6.45) is 0. The van der Waals surface area contributed by atoms with Gasteiger partial charge in [-0.25, -0.2) is 9.18 Å². The third-order valence-electron chi connectivity index (χ3n) is 4.65. The van der Waals surface area contributed by atoms with E-state index in [-0.39, 0.29) is 17.0 Å². The molecule has 2 aromatic heterocycles. The molecule has 2 aromatic carbocycles. The van der Waals surface area contributed by atoms with Crippen molar-refractivity contribution in [3.63, 3.8) is 0 Å². The van der Waals surface area contributed by atoms with Crippen molar-refractivity contribution in [2.75, 3.05) is 13.7 Å². The van der Waals surface area contributed by atoms with E-state index in [1.54, 1.807) is 13.0 Å². The SMILES string of the molecule is CCOC(=O)c1sc2c(ccc(=O)n2-c2ccccc2)c1-c1cc(F)ccc1OC. The quantitative estimate of drug-likeness (QED) is 0.422. The molecule has 7 heteroatoms. The van der Waals surface area contributed by atoms with E-state index < -0.39 is 11.8 Å². The molecule has 4 aromatic rings. The Hall–Kier alpha value is -3.45. The van der Waals surface area contributed by atoms with Crippen molar-refractivity contribution < 1.29 is 18.7 Å². The number of hydrogen-bond donors (Lipinski definition) is 0. The average molecular weight is 423 g/mol. The van der Waals surface area contributed by atoms with Gasteiger partial charge in [0.25, 0.3) is 5.56 Å². The minimum absolute atomic E-state index is 0.193. The Morgan fingerprint density at radius 3 is 2.57 bits per heavy atom. The van der Waals surface area contributed by atoms with Gasteiger partial charge in [0.15, 0.2) is 0 Å². The summed E-state index contributed by atoms with van der Waals surface area (Å²) in [5.74, 6) is -0.581. The van der Waals surface area contributed by atoms with Crippen molar-refractivity contribution in [2.45, 2.75) is 6.92 Å². The van der Waals surface area contributed by atoms with Crippen LogP contribution in [0.1, 0.15) is 16.6 Å². The van der Waals surface area contributed by atoms with E-state index >= 15 is 0 Å². The lowest BCUT2D eigenvalue weighted by atomic mass is 10.0. The number of methoxy groups -OCH3 is 1. The number of aromatic nitrogens is 1. The summed E-state index contributed by atoms with van der Waals surface area (Å²) in [4.78, 5) is 26.4. The molecule has 0 aliphatic carbocycles. The molecule has 0 spiro atoms. The first-order valence-electron chi connectivity index (χ1n) is 9.30. The van der Waals surface area contributed by atoms with Crippen molar-refractivity contribution in [3.05, 3.63) is 81.7 Å². The molecule has 0 aliphatic rings. The van der Waals surface area contributed by atoms with Crippen molar-refractivity contribution in [3.8, 4) is 22.6 Å². The van der Waals surface area contributed by atoms with Crippen LogP contribution in [0, 0.1) is 5.82 Å². The topological polar surface area (TPSA) is 57.5 Å². The van der Waals surface area contributed by atoms with Crippen LogP contribution in [0.3, 0.4) is 0 Å². The van der Waals surface area contributed by atoms with E-state index in [0.29, 0.717) is 32.8 Å². The number of nitrogens with zero attached hydrogens (tertiary/aromatic N) is 1. The van der Waals surface area contributed by atoms with Crippen LogP contribution in [0.4, 0.5) is 4.39 Å². The largest absolute Gasteiger partial charge is 0.496 e. The summed E-state index contributed by atoms with van der Waals surface area (Å²) >= 11 is 1.14. The predicted octanol–water partition coefficient (Wildman–Crippen LogP) is 5.04. The molecular weight excluding hydrogens is 405 g/mol. The van der Waals surface area contributed by atoms with Crippen molar-refractivity contribution >= 4 is 27.5 Å². The van der Waals surface area contributed by atoms with Gasteiger partial charge in [0.2, 0.25) is 0 Å². The summed E-state index contributed by atoms with van der Waals surface area (Å²) in [5.41, 5.74) is 1.34. The molecule has 2 heterocycles. The summed E-state index contributed by atoms with van der Waals surface area (Å²) in [5, 5.41) is 0.635. The Kier molecular flexibility index (Phi) is 5.37. The normalized spacial score (nSPS) is 10.9. The number of rotatable bonds is 5. The third-order valence-corrected chi connectivity index (χ3v) is 5.82. The van der Waals surface area contributed by atoms with Gasteiger partial charge in [-0.1, -0.05) is 18.2 Å². The van der Waals surface area contributed by atoms with Gasteiger partial charge in [0.1, 0.15) is 21.3 Å². The van der Waals surface area contributed by atoms with Crippen LogP contribution in [-0.2, 0) is 4.74 Å². The molecule has 0 aliphatic heterocycles. The molecule has 0 saturated carbocycles. The number of esters is 1. The zero-order chi connectivity index (χ0) is 21.3. The number of carbonyl (C=O) groups is 1. The highest BCUT2D eigenvalue weighted by atomic mass is 32.1. The van der Waals surface area contributed by atoms with Gasteiger partial charge in [0, 0.05) is 22.6 Å². The van der Waals surface area contributed by atoms with Crippen LogP contribution >= 0.6 is 11.3 Å². The molecule has 0 bridgehead atoms. The Bertz CT molecular complexity index is 1290. The van der Waals surface area contributed by atoms with Gasteiger partial charge in [0.05, 0.1) is 19.4 Å². The minimum Gasteiger partial charge on any atom is -0.496 e. The fraction of sp³-hybridized carbons (Fsp3) is 0.130. The highest BCUT2D eigenvalue weighted by Gasteiger charge is 2.25. The lowest BCUT2D eigenvalue weighted by Gasteiger charge is -2.11. The molecule has 152 valence electrons. The molecule has 5 nitrogen and oxygen atoms in total. The molecule has 0 amide bonds. The third kappa shape index (κ3) is 3.37. The Balaban J connectivity index is 2.12. The first-order chi connectivity index (χ1) is 14.5. The lowest BCUT2D eigenvalue weighted by Crippen LogP contribution is -2.16. The van der Waals surface area contributed by atoms with E-state index in [1.807, 2.05) is 30.3 Å². The van der Waals surface area contributed by atoms with Gasteiger partial charge in [-0.2, -0.15) is 0 Å². The van der Waals surface area contributed by atoms with E-state index in [4.69, 9.17) is 9.47 Å². The molecule has 0 saturated heterocycles. The highest BCUT2D eigenvalue weighted by Crippen LogP contribution is 2.43. The molecular formula is C23H18FNO4S. The molecule has 0 unspecified atom stereocenters. The number of carbonyl (C=O) groups excluding carboxylic acids is 1. The average Bonchev–Trinajstić information content (AvgIpc) is 3.13. The summed E-state index contributed by atoms with van der Waals surface area (Å²) < 4.78 is 26.4. The van der Waals surface area contributed by atoms with Gasteiger partial charge in [-0.15, -0.1) is 11.3 Å². The molecule has 0 N–H and O–H groups in total. The predicted molar refractivity (Wildman–Crippen MR) is 115 cm³/mol. The zero-order valence-corrected chi connectivity index (χ0v) is 17.2. The van der Waals surface area contributed by atoms with Gasteiger partial charge < -0.3 is 9.47 Å². The van der Waals surface area contributed by atoms with E-state index in [2.05, 4.69) is 0 Å². The number of fused-ring (bicyclic) bond motifs is 1. The smallest absolute Gasteiger partial charge is 0.349 e.